The van der Waals surface area contributed by atoms with Gasteiger partial charge in [0.25, 0.3) is 5.91 Å². The number of carbonyl (C=O) groups is 2. The predicted molar refractivity (Wildman–Crippen MR) is 54.6 cm³/mol. The van der Waals surface area contributed by atoms with Crippen LogP contribution in [0.5, 0.6) is 0 Å². The van der Waals surface area contributed by atoms with E-state index >= 15 is 0 Å². The number of rotatable bonds is 3. The Morgan fingerprint density at radius 2 is 1.73 bits per heavy atom. The van der Waals surface area contributed by atoms with Crippen molar-refractivity contribution in [3.8, 4) is 0 Å². The molecule has 0 aliphatic heterocycles. The molecule has 0 radical (unpaired) electrons. The van der Waals surface area contributed by atoms with Gasteiger partial charge < -0.3 is 5.11 Å². The van der Waals surface area contributed by atoms with E-state index in [1.165, 1.54) is 17.1 Å². The van der Waals surface area contributed by atoms with Gasteiger partial charge >= 0.3 is 5.97 Å². The van der Waals surface area contributed by atoms with Crippen molar-refractivity contribution in [1.82, 2.24) is 10.4 Å². The van der Waals surface area contributed by atoms with E-state index in [9.17, 15) is 9.59 Å². The lowest BCUT2D eigenvalue weighted by Crippen LogP contribution is -2.36. The highest BCUT2D eigenvalue weighted by Crippen LogP contribution is 2.08. The standard InChI is InChI=1S/C10H12N2O3/c1-12(2)11-9(13)7-5-3-4-6-8(7)10(14)15/h3-6H,1-2H3,(H,11,13)(H,14,15). The van der Waals surface area contributed by atoms with Crippen LogP contribution in [0.3, 0.4) is 0 Å². The Hall–Kier alpha value is -1.88. The van der Waals surface area contributed by atoms with Crippen molar-refractivity contribution in [3.05, 3.63) is 35.4 Å². The molecular formula is C10H12N2O3. The maximum absolute atomic E-state index is 11.6. The summed E-state index contributed by atoms with van der Waals surface area (Å²) in [4.78, 5) is 22.4. The molecule has 0 fully saturated rings. The molecule has 5 nitrogen and oxygen atoms in total. The Balaban J connectivity index is 3.03. The number of amides is 1. The topological polar surface area (TPSA) is 69.6 Å². The Morgan fingerprint density at radius 1 is 1.20 bits per heavy atom. The molecule has 0 saturated carbocycles. The van der Waals surface area contributed by atoms with Gasteiger partial charge in [-0.25, -0.2) is 9.80 Å². The Labute approximate surface area is 87.3 Å². The van der Waals surface area contributed by atoms with E-state index in [0.29, 0.717) is 0 Å². The maximum Gasteiger partial charge on any atom is 0.336 e. The Kier molecular flexibility index (Phi) is 3.41. The first-order chi connectivity index (χ1) is 7.02. The molecule has 1 aromatic rings. The summed E-state index contributed by atoms with van der Waals surface area (Å²) in [5.41, 5.74) is 2.63. The number of hydrogen-bond donors (Lipinski definition) is 2. The molecule has 1 rings (SSSR count). The average Bonchev–Trinajstić information content (AvgIpc) is 2.16. The molecule has 0 heterocycles. The Bertz CT molecular complexity index is 388. The monoisotopic (exact) mass is 208 g/mol. The summed E-state index contributed by atoms with van der Waals surface area (Å²) in [6.45, 7) is 0. The highest BCUT2D eigenvalue weighted by Gasteiger charge is 2.15. The van der Waals surface area contributed by atoms with Crippen LogP contribution < -0.4 is 5.43 Å². The first-order valence-corrected chi connectivity index (χ1v) is 4.33. The lowest BCUT2D eigenvalue weighted by molar-refractivity contribution is 0.0687. The van der Waals surface area contributed by atoms with Crippen molar-refractivity contribution in [1.29, 1.82) is 0 Å². The molecule has 1 amide bonds. The zero-order valence-electron chi connectivity index (χ0n) is 8.52. The highest BCUT2D eigenvalue weighted by molar-refractivity contribution is 6.04. The number of nitrogens with one attached hydrogen (secondary N) is 1. The number of carboxylic acid groups (broad SMARTS) is 1. The summed E-state index contributed by atoms with van der Waals surface area (Å²) < 4.78 is 0. The van der Waals surface area contributed by atoms with Crippen LogP contribution in [0.2, 0.25) is 0 Å². The van der Waals surface area contributed by atoms with Crippen molar-refractivity contribution in [2.24, 2.45) is 0 Å². The van der Waals surface area contributed by atoms with E-state index in [1.54, 1.807) is 26.2 Å². The zero-order chi connectivity index (χ0) is 11.4. The number of carboxylic acids is 1. The molecule has 0 bridgehead atoms. The van der Waals surface area contributed by atoms with Gasteiger partial charge in [-0.15, -0.1) is 0 Å². The van der Waals surface area contributed by atoms with Crippen LogP contribution >= 0.6 is 0 Å². The van der Waals surface area contributed by atoms with E-state index < -0.39 is 11.9 Å². The molecule has 0 atom stereocenters. The second-order valence-electron chi connectivity index (χ2n) is 3.19. The van der Waals surface area contributed by atoms with Gasteiger partial charge in [-0.05, 0) is 12.1 Å². The number of benzene rings is 1. The van der Waals surface area contributed by atoms with Crippen LogP contribution in [0.15, 0.2) is 24.3 Å². The van der Waals surface area contributed by atoms with Gasteiger partial charge in [0.15, 0.2) is 0 Å². The van der Waals surface area contributed by atoms with Crippen LogP contribution in [0.1, 0.15) is 20.7 Å². The molecule has 2 N–H and O–H groups in total. The molecular weight excluding hydrogens is 196 g/mol. The third kappa shape index (κ3) is 2.78. The van der Waals surface area contributed by atoms with Crippen LogP contribution in [0.25, 0.3) is 0 Å². The summed E-state index contributed by atoms with van der Waals surface area (Å²) in [7, 11) is 3.31. The number of hydrazine groups is 1. The van der Waals surface area contributed by atoms with Crippen molar-refractivity contribution in [2.75, 3.05) is 14.1 Å². The van der Waals surface area contributed by atoms with E-state index in [4.69, 9.17) is 5.11 Å². The lowest BCUT2D eigenvalue weighted by Gasteiger charge is -2.12. The molecule has 0 spiro atoms. The fourth-order valence-corrected chi connectivity index (χ4v) is 1.13. The van der Waals surface area contributed by atoms with E-state index in [0.717, 1.165) is 0 Å². The van der Waals surface area contributed by atoms with Gasteiger partial charge in [-0.3, -0.25) is 10.2 Å². The molecule has 1 aromatic carbocycles. The quantitative estimate of drug-likeness (QED) is 0.713. The van der Waals surface area contributed by atoms with Gasteiger partial charge in [0.2, 0.25) is 0 Å². The molecule has 80 valence electrons. The highest BCUT2D eigenvalue weighted by atomic mass is 16.4. The minimum absolute atomic E-state index is 0.00292. The minimum Gasteiger partial charge on any atom is -0.478 e. The summed E-state index contributed by atoms with van der Waals surface area (Å²) >= 11 is 0. The minimum atomic E-state index is -1.11. The normalized spacial score (nSPS) is 10.1. The van der Waals surface area contributed by atoms with Gasteiger partial charge in [0.1, 0.15) is 0 Å². The van der Waals surface area contributed by atoms with E-state index in [-0.39, 0.29) is 11.1 Å². The summed E-state index contributed by atoms with van der Waals surface area (Å²) in [6.07, 6.45) is 0. The second kappa shape index (κ2) is 4.56. The van der Waals surface area contributed by atoms with Crippen LogP contribution in [0, 0.1) is 0 Å². The van der Waals surface area contributed by atoms with Crippen LogP contribution in [0.4, 0.5) is 0 Å². The number of nitrogens with zero attached hydrogens (tertiary/aromatic N) is 1. The molecule has 0 aliphatic rings. The fraction of sp³-hybridized carbons (Fsp3) is 0.200. The first-order valence-electron chi connectivity index (χ1n) is 4.33. The third-order valence-electron chi connectivity index (χ3n) is 1.73. The van der Waals surface area contributed by atoms with Gasteiger partial charge in [0.05, 0.1) is 11.1 Å². The molecule has 5 heteroatoms. The number of hydrogen-bond acceptors (Lipinski definition) is 3. The van der Waals surface area contributed by atoms with Crippen molar-refractivity contribution >= 4 is 11.9 Å². The fourth-order valence-electron chi connectivity index (χ4n) is 1.13. The molecule has 0 aliphatic carbocycles. The van der Waals surface area contributed by atoms with E-state index in [2.05, 4.69) is 5.43 Å². The van der Waals surface area contributed by atoms with Gasteiger partial charge in [-0.1, -0.05) is 12.1 Å². The SMILES string of the molecule is CN(C)NC(=O)c1ccccc1C(=O)O. The predicted octanol–water partition coefficient (Wildman–Crippen LogP) is 0.591. The molecule has 0 unspecified atom stereocenters. The van der Waals surface area contributed by atoms with Gasteiger partial charge in [-0.2, -0.15) is 0 Å². The summed E-state index contributed by atoms with van der Waals surface area (Å²) in [6, 6.07) is 6.07. The smallest absolute Gasteiger partial charge is 0.336 e. The van der Waals surface area contributed by atoms with Crippen LogP contribution in [-0.2, 0) is 0 Å². The summed E-state index contributed by atoms with van der Waals surface area (Å²) in [5.74, 6) is -1.54. The maximum atomic E-state index is 11.6. The molecule has 15 heavy (non-hydrogen) atoms. The first kappa shape index (κ1) is 11.2. The summed E-state index contributed by atoms with van der Waals surface area (Å²) in [5, 5.41) is 10.3. The van der Waals surface area contributed by atoms with Crippen molar-refractivity contribution in [2.45, 2.75) is 0 Å². The number of aromatic carboxylic acids is 1. The van der Waals surface area contributed by atoms with Crippen molar-refractivity contribution < 1.29 is 14.7 Å². The van der Waals surface area contributed by atoms with E-state index in [1.807, 2.05) is 0 Å². The number of carbonyl (C=O) groups excluding carboxylic acids is 1. The average molecular weight is 208 g/mol. The van der Waals surface area contributed by atoms with Crippen molar-refractivity contribution in [3.63, 3.8) is 0 Å². The second-order valence-corrected chi connectivity index (χ2v) is 3.19. The lowest BCUT2D eigenvalue weighted by atomic mass is 10.1. The largest absolute Gasteiger partial charge is 0.478 e. The van der Waals surface area contributed by atoms with Crippen LogP contribution in [-0.4, -0.2) is 36.1 Å². The molecule has 0 aromatic heterocycles. The molecule has 0 saturated heterocycles. The van der Waals surface area contributed by atoms with Gasteiger partial charge in [0, 0.05) is 14.1 Å². The Morgan fingerprint density at radius 3 is 2.20 bits per heavy atom. The third-order valence-corrected chi connectivity index (χ3v) is 1.73. The zero-order valence-corrected chi connectivity index (χ0v) is 8.52.